The van der Waals surface area contributed by atoms with Crippen LogP contribution in [0.25, 0.3) is 0 Å². The highest BCUT2D eigenvalue weighted by atomic mass is 28.5. The maximum atomic E-state index is 13.5. The molecule has 0 amide bonds. The van der Waals surface area contributed by atoms with Gasteiger partial charge in [0.05, 0.1) is 30.3 Å². The van der Waals surface area contributed by atoms with Crippen molar-refractivity contribution in [3.8, 4) is 23.0 Å². The van der Waals surface area contributed by atoms with Gasteiger partial charge in [-0.15, -0.1) is 0 Å². The zero-order chi connectivity index (χ0) is 50.8. The van der Waals surface area contributed by atoms with E-state index in [0.29, 0.717) is 47.3 Å². The monoisotopic (exact) mass is 1050 g/mol. The first kappa shape index (κ1) is 56.5. The summed E-state index contributed by atoms with van der Waals surface area (Å²) in [4.78, 5) is 40.1. The van der Waals surface area contributed by atoms with E-state index >= 15 is 0 Å². The molecule has 0 N–H and O–H groups in total. The highest BCUT2D eigenvalue weighted by molar-refractivity contribution is 6.88. The summed E-state index contributed by atoms with van der Waals surface area (Å²) in [5.41, 5.74) is 1.05. The summed E-state index contributed by atoms with van der Waals surface area (Å²) in [5, 5.41) is 0. The summed E-state index contributed by atoms with van der Waals surface area (Å²) < 4.78 is 55.6. The average Bonchev–Trinajstić information content (AvgIpc) is 3.86. The van der Waals surface area contributed by atoms with Gasteiger partial charge < -0.3 is 40.1 Å². The fourth-order valence-corrected chi connectivity index (χ4v) is 36.0. The Hall–Kier alpha value is -3.45. The number of fused-ring (bicyclic) bond motifs is 2. The molecule has 3 atom stereocenters. The van der Waals surface area contributed by atoms with Crippen molar-refractivity contribution in [1.82, 2.24) is 0 Å². The fraction of sp³-hybridized carbons (Fsp3) is 0.549. The Morgan fingerprint density at radius 3 is 1.42 bits per heavy atom. The van der Waals surface area contributed by atoms with E-state index in [1.54, 1.807) is 66.7 Å². The van der Waals surface area contributed by atoms with Crippen LogP contribution in [0.2, 0.25) is 104 Å². The van der Waals surface area contributed by atoms with Crippen molar-refractivity contribution in [1.29, 1.82) is 0 Å². The molecule has 0 aliphatic heterocycles. The van der Waals surface area contributed by atoms with E-state index in [9.17, 15) is 14.4 Å². The summed E-state index contributed by atoms with van der Waals surface area (Å²) in [6.45, 7) is 31.8. The van der Waals surface area contributed by atoms with Gasteiger partial charge in [0, 0.05) is 5.56 Å². The van der Waals surface area contributed by atoms with Crippen LogP contribution in [-0.4, -0.2) is 81.5 Å². The SMILES string of the molecule is C[Si](C)(C)O[Si](C)(C)O[Si](C)(C)CCCCOc1ccc(C(=O)Oc2ccc(OC(=O)c3ccc(OCCCC[Si](C)(C)O[Si](C)(C)O[Si](C)(C)C)cc3)c(COC(=O)C3CC4C=CC3C4)c2)cc1. The molecule has 3 aromatic rings. The number of hydrogen-bond donors (Lipinski definition) is 0. The summed E-state index contributed by atoms with van der Waals surface area (Å²) in [6, 6.07) is 20.4. The van der Waals surface area contributed by atoms with Crippen LogP contribution in [0.1, 0.15) is 64.8 Å². The van der Waals surface area contributed by atoms with Crippen LogP contribution in [0, 0.1) is 17.8 Å². The molecule has 69 heavy (non-hydrogen) atoms. The first-order chi connectivity index (χ1) is 32.0. The standard InChI is InChI=1S/C51H80O12Si6/c1-64(2,3)60-68(11,12)62-66(7,8)33-17-15-31-55-44-25-21-40(22-26-44)49(52)58-46-29-30-48(43(37-46)38-57-51(54)47-36-39-19-20-42(47)35-39)59-50(53)41-23-27-45(28-24-41)56-32-16-18-34-67(9,10)63-69(13,14)61-65(4,5)6/h19-30,37,39,42,47H,15-18,31-36,38H2,1-14H3. The highest BCUT2D eigenvalue weighted by Gasteiger charge is 2.41. The quantitative estimate of drug-likeness (QED) is 0.0236. The van der Waals surface area contributed by atoms with Crippen molar-refractivity contribution in [2.45, 2.75) is 149 Å². The topological polar surface area (TPSA) is 134 Å². The molecule has 1 fully saturated rings. The molecule has 3 aromatic carbocycles. The molecular formula is C51H80O12Si6. The maximum absolute atomic E-state index is 13.5. The minimum absolute atomic E-state index is 0.166. The lowest BCUT2D eigenvalue weighted by Gasteiger charge is -2.37. The van der Waals surface area contributed by atoms with Gasteiger partial charge in [0.2, 0.25) is 0 Å². The molecule has 0 saturated heterocycles. The van der Waals surface area contributed by atoms with Crippen molar-refractivity contribution >= 4 is 68.3 Å². The van der Waals surface area contributed by atoms with Gasteiger partial charge >= 0.3 is 35.0 Å². The number of hydrogen-bond acceptors (Lipinski definition) is 12. The maximum Gasteiger partial charge on any atom is 0.343 e. The van der Waals surface area contributed by atoms with Crippen molar-refractivity contribution < 1.29 is 54.5 Å². The van der Waals surface area contributed by atoms with Gasteiger partial charge in [0.1, 0.15) is 29.6 Å². The number of esters is 3. The largest absolute Gasteiger partial charge is 0.494 e. The second kappa shape index (κ2) is 23.9. The number of carbonyl (C=O) groups is 3. The number of unbranched alkanes of at least 4 members (excludes halogenated alkanes) is 2. The van der Waals surface area contributed by atoms with E-state index in [1.807, 2.05) is 0 Å². The number of ether oxygens (including phenoxy) is 5. The first-order valence-electron chi connectivity index (χ1n) is 24.7. The van der Waals surface area contributed by atoms with Crippen molar-refractivity contribution in [3.05, 3.63) is 95.6 Å². The van der Waals surface area contributed by atoms with Gasteiger partial charge in [-0.3, -0.25) is 4.79 Å². The Labute approximate surface area is 419 Å². The van der Waals surface area contributed by atoms with Crippen LogP contribution in [0.15, 0.2) is 78.9 Å². The lowest BCUT2D eigenvalue weighted by molar-refractivity contribution is -0.150. The van der Waals surface area contributed by atoms with Gasteiger partial charge in [0.15, 0.2) is 33.3 Å². The van der Waals surface area contributed by atoms with Crippen LogP contribution in [0.4, 0.5) is 0 Å². The summed E-state index contributed by atoms with van der Waals surface area (Å²) in [6.07, 6.45) is 9.75. The molecule has 0 spiro atoms. The van der Waals surface area contributed by atoms with Gasteiger partial charge in [-0.2, -0.15) is 0 Å². The van der Waals surface area contributed by atoms with E-state index in [0.717, 1.165) is 50.6 Å². The van der Waals surface area contributed by atoms with E-state index in [1.165, 1.54) is 0 Å². The Morgan fingerprint density at radius 1 is 0.522 bits per heavy atom. The summed E-state index contributed by atoms with van der Waals surface area (Å²) in [7, 11) is -11.5. The van der Waals surface area contributed by atoms with E-state index < -0.39 is 62.3 Å². The second-order valence-electron chi connectivity index (χ2n) is 22.7. The molecule has 0 aromatic heterocycles. The molecule has 380 valence electrons. The molecule has 0 radical (unpaired) electrons. The minimum atomic E-state index is -2.18. The number of carbonyl (C=O) groups excluding carboxylic acids is 3. The second-order valence-corrected chi connectivity index (χ2v) is 48.0. The average molecular weight is 1050 g/mol. The van der Waals surface area contributed by atoms with Gasteiger partial charge in [-0.05, 0) is 208 Å². The third-order valence-electron chi connectivity index (χ3n) is 11.6. The lowest BCUT2D eigenvalue weighted by Crippen LogP contribution is -2.51. The van der Waals surface area contributed by atoms with Crippen molar-refractivity contribution in [2.75, 3.05) is 13.2 Å². The molecule has 2 aliphatic rings. The zero-order valence-corrected chi connectivity index (χ0v) is 49.9. The first-order valence-corrected chi connectivity index (χ1v) is 43.4. The summed E-state index contributed by atoms with van der Waals surface area (Å²) in [5.74, 6) is 0.614. The van der Waals surface area contributed by atoms with Crippen LogP contribution in [0.5, 0.6) is 23.0 Å². The van der Waals surface area contributed by atoms with Crippen LogP contribution >= 0.6 is 0 Å². The number of rotatable bonds is 27. The smallest absolute Gasteiger partial charge is 0.343 e. The predicted molar refractivity (Wildman–Crippen MR) is 288 cm³/mol. The molecule has 1 saturated carbocycles. The summed E-state index contributed by atoms with van der Waals surface area (Å²) >= 11 is 0. The molecule has 3 unspecified atom stereocenters. The highest BCUT2D eigenvalue weighted by Crippen LogP contribution is 2.44. The van der Waals surface area contributed by atoms with Crippen LogP contribution in [0.3, 0.4) is 0 Å². The van der Waals surface area contributed by atoms with Gasteiger partial charge in [-0.1, -0.05) is 25.0 Å². The molecule has 2 aliphatic carbocycles. The number of allylic oxidation sites excluding steroid dienone is 2. The Balaban J connectivity index is 1.13. The molecule has 2 bridgehead atoms. The van der Waals surface area contributed by atoms with Gasteiger partial charge in [-0.25, -0.2) is 9.59 Å². The molecule has 5 rings (SSSR count). The van der Waals surface area contributed by atoms with E-state index in [-0.39, 0.29) is 35.9 Å². The van der Waals surface area contributed by atoms with E-state index in [4.69, 9.17) is 40.1 Å². The molecular weight excluding hydrogens is 973 g/mol. The third kappa shape index (κ3) is 19.6. The van der Waals surface area contributed by atoms with Crippen LogP contribution in [-0.2, 0) is 32.6 Å². The predicted octanol–water partition coefficient (Wildman–Crippen LogP) is 13.2. The number of benzene rings is 3. The Morgan fingerprint density at radius 2 is 0.986 bits per heavy atom. The molecule has 0 heterocycles. The third-order valence-corrected chi connectivity index (χ3v) is 31.9. The molecule has 12 nitrogen and oxygen atoms in total. The fourth-order valence-electron chi connectivity index (χ4n) is 9.47. The van der Waals surface area contributed by atoms with Gasteiger partial charge in [0.25, 0.3) is 0 Å². The van der Waals surface area contributed by atoms with Crippen molar-refractivity contribution in [3.63, 3.8) is 0 Å². The Kier molecular flexibility index (Phi) is 19.5. The van der Waals surface area contributed by atoms with Crippen molar-refractivity contribution in [2.24, 2.45) is 17.8 Å². The van der Waals surface area contributed by atoms with E-state index in [2.05, 4.69) is 104 Å². The lowest BCUT2D eigenvalue weighted by atomic mass is 9.94. The Bertz CT molecular complexity index is 2220. The zero-order valence-electron chi connectivity index (χ0n) is 43.9. The minimum Gasteiger partial charge on any atom is -0.494 e. The molecule has 18 heteroatoms. The van der Waals surface area contributed by atoms with Crippen LogP contribution < -0.4 is 18.9 Å². The normalized spacial score (nSPS) is 17.4.